The van der Waals surface area contributed by atoms with Crippen LogP contribution >= 0.6 is 11.6 Å². The number of hydrogen-bond acceptors (Lipinski definition) is 3. The molecular weight excluding hydrogens is 280 g/mol. The van der Waals surface area contributed by atoms with Crippen molar-refractivity contribution in [2.45, 2.75) is 25.3 Å². The number of carbonyl (C=O) groups is 1. The first-order chi connectivity index (χ1) is 9.48. The maximum Gasteiger partial charge on any atom is 0.323 e. The fourth-order valence-corrected chi connectivity index (χ4v) is 1.91. The number of aliphatic carboxylic acids is 1. The van der Waals surface area contributed by atoms with Gasteiger partial charge in [0.1, 0.15) is 5.54 Å². The second kappa shape index (κ2) is 7.75. The molecule has 0 aliphatic carbocycles. The van der Waals surface area contributed by atoms with E-state index in [1.807, 2.05) is 12.1 Å². The van der Waals surface area contributed by atoms with Crippen molar-refractivity contribution < 1.29 is 9.90 Å². The summed E-state index contributed by atoms with van der Waals surface area (Å²) in [6.07, 6.45) is 0.939. The Morgan fingerprint density at radius 1 is 1.50 bits per heavy atom. The fourth-order valence-electron chi connectivity index (χ4n) is 1.78. The number of halogens is 1. The zero-order chi connectivity index (χ0) is 15.0. The average Bonchev–Trinajstić information content (AvgIpc) is 2.41. The van der Waals surface area contributed by atoms with Gasteiger partial charge in [-0.05, 0) is 43.1 Å². The third-order valence-electron chi connectivity index (χ3n) is 2.96. The van der Waals surface area contributed by atoms with E-state index in [1.54, 1.807) is 19.1 Å². The number of nitrogens with zero attached hydrogens (tertiary/aromatic N) is 3. The van der Waals surface area contributed by atoms with Crippen LogP contribution in [0, 0.1) is 0 Å². The summed E-state index contributed by atoms with van der Waals surface area (Å²) in [5.41, 5.74) is 7.99. The van der Waals surface area contributed by atoms with Gasteiger partial charge in [-0.1, -0.05) is 28.8 Å². The highest BCUT2D eigenvalue weighted by atomic mass is 35.5. The Morgan fingerprint density at radius 3 is 2.70 bits per heavy atom. The molecule has 0 spiro atoms. The molecule has 2 N–H and O–H groups in total. The van der Waals surface area contributed by atoms with Gasteiger partial charge in [0.15, 0.2) is 0 Å². The first-order valence-electron chi connectivity index (χ1n) is 6.21. The zero-order valence-corrected chi connectivity index (χ0v) is 12.0. The molecule has 0 fully saturated rings. The summed E-state index contributed by atoms with van der Waals surface area (Å²) < 4.78 is 0. The molecule has 108 valence electrons. The minimum Gasteiger partial charge on any atom is -0.480 e. The van der Waals surface area contributed by atoms with E-state index < -0.39 is 11.5 Å². The largest absolute Gasteiger partial charge is 0.480 e. The van der Waals surface area contributed by atoms with Gasteiger partial charge >= 0.3 is 5.97 Å². The summed E-state index contributed by atoms with van der Waals surface area (Å²) >= 11 is 5.81. The second-order valence-electron chi connectivity index (χ2n) is 4.68. The lowest BCUT2D eigenvalue weighted by atomic mass is 9.92. The van der Waals surface area contributed by atoms with Gasteiger partial charge in [0.05, 0.1) is 0 Å². The van der Waals surface area contributed by atoms with Gasteiger partial charge in [0.2, 0.25) is 0 Å². The quantitative estimate of drug-likeness (QED) is 0.334. The fraction of sp³-hybridized carbons (Fsp3) is 0.462. The molecule has 1 unspecified atom stereocenters. The van der Waals surface area contributed by atoms with Crippen LogP contribution in [0.3, 0.4) is 0 Å². The SMILES string of the molecule is CC(Cc1ccc(Cl)cc1)(NCCCN=[N+]=[N-])C(=O)O. The third-order valence-corrected chi connectivity index (χ3v) is 3.21. The molecule has 1 aromatic rings. The molecule has 0 radical (unpaired) electrons. The van der Waals surface area contributed by atoms with E-state index in [9.17, 15) is 9.90 Å². The Balaban J connectivity index is 2.63. The Bertz CT molecular complexity index is 500. The van der Waals surface area contributed by atoms with Crippen LogP contribution in [0.25, 0.3) is 10.4 Å². The Kier molecular flexibility index (Phi) is 6.31. The number of benzene rings is 1. The maximum atomic E-state index is 11.4. The summed E-state index contributed by atoms with van der Waals surface area (Å²) in [5, 5.41) is 16.4. The highest BCUT2D eigenvalue weighted by Crippen LogP contribution is 2.16. The molecule has 6 nitrogen and oxygen atoms in total. The smallest absolute Gasteiger partial charge is 0.323 e. The minimum atomic E-state index is -1.07. The van der Waals surface area contributed by atoms with E-state index in [0.29, 0.717) is 31.0 Å². The molecule has 1 aromatic carbocycles. The first kappa shape index (κ1) is 16.3. The van der Waals surface area contributed by atoms with Crippen LogP contribution in [0.4, 0.5) is 0 Å². The van der Waals surface area contributed by atoms with Gasteiger partial charge < -0.3 is 10.4 Å². The van der Waals surface area contributed by atoms with Crippen LogP contribution in [0.2, 0.25) is 5.02 Å². The van der Waals surface area contributed by atoms with Crippen LogP contribution in [0.1, 0.15) is 18.9 Å². The van der Waals surface area contributed by atoms with E-state index in [1.165, 1.54) is 0 Å². The number of carboxylic acids is 1. The molecular formula is C13H17ClN4O2. The van der Waals surface area contributed by atoms with E-state index in [-0.39, 0.29) is 0 Å². The van der Waals surface area contributed by atoms with Crippen LogP contribution in [0.5, 0.6) is 0 Å². The molecule has 0 aromatic heterocycles. The van der Waals surface area contributed by atoms with Crippen molar-refractivity contribution >= 4 is 17.6 Å². The third kappa shape index (κ3) is 5.09. The molecule has 1 atom stereocenters. The minimum absolute atomic E-state index is 0.347. The van der Waals surface area contributed by atoms with Gasteiger partial charge in [-0.3, -0.25) is 4.79 Å². The van der Waals surface area contributed by atoms with Crippen molar-refractivity contribution in [2.24, 2.45) is 5.11 Å². The average molecular weight is 297 g/mol. The summed E-state index contributed by atoms with van der Waals surface area (Å²) in [5.74, 6) is -0.920. The molecule has 7 heteroatoms. The van der Waals surface area contributed by atoms with Gasteiger partial charge in [-0.15, -0.1) is 0 Å². The monoisotopic (exact) mass is 296 g/mol. The standard InChI is InChI=1S/C13H17ClN4O2/c1-13(12(19)20,16-7-2-8-17-18-15)9-10-3-5-11(14)6-4-10/h3-6,16H,2,7-9H2,1H3,(H,19,20). The second-order valence-corrected chi connectivity index (χ2v) is 5.11. The van der Waals surface area contributed by atoms with E-state index >= 15 is 0 Å². The van der Waals surface area contributed by atoms with Crippen molar-refractivity contribution in [1.82, 2.24) is 5.32 Å². The Morgan fingerprint density at radius 2 is 2.15 bits per heavy atom. The number of carboxylic acid groups (broad SMARTS) is 1. The van der Waals surface area contributed by atoms with E-state index in [4.69, 9.17) is 17.1 Å². The number of hydrogen-bond donors (Lipinski definition) is 2. The van der Waals surface area contributed by atoms with Crippen LogP contribution in [-0.2, 0) is 11.2 Å². The number of nitrogens with one attached hydrogen (secondary N) is 1. The molecule has 0 aliphatic rings. The summed E-state index contributed by atoms with van der Waals surface area (Å²) in [6, 6.07) is 7.10. The molecule has 20 heavy (non-hydrogen) atoms. The Hall–Kier alpha value is -1.75. The predicted octanol–water partition coefficient (Wildman–Crippen LogP) is 3.02. The maximum absolute atomic E-state index is 11.4. The molecule has 0 bridgehead atoms. The lowest BCUT2D eigenvalue weighted by Crippen LogP contribution is -2.51. The van der Waals surface area contributed by atoms with E-state index in [2.05, 4.69) is 15.3 Å². The lowest BCUT2D eigenvalue weighted by molar-refractivity contribution is -0.144. The molecule has 0 saturated heterocycles. The molecule has 0 aliphatic heterocycles. The molecule has 1 rings (SSSR count). The lowest BCUT2D eigenvalue weighted by Gasteiger charge is -2.26. The van der Waals surface area contributed by atoms with Crippen molar-refractivity contribution in [3.05, 3.63) is 45.3 Å². The topological polar surface area (TPSA) is 98.1 Å². The van der Waals surface area contributed by atoms with Gasteiger partial charge in [0.25, 0.3) is 0 Å². The molecule has 0 saturated carbocycles. The van der Waals surface area contributed by atoms with Gasteiger partial charge in [-0.2, -0.15) is 0 Å². The zero-order valence-electron chi connectivity index (χ0n) is 11.2. The molecule has 0 heterocycles. The highest BCUT2D eigenvalue weighted by molar-refractivity contribution is 6.30. The van der Waals surface area contributed by atoms with Crippen molar-refractivity contribution in [2.75, 3.05) is 13.1 Å². The van der Waals surface area contributed by atoms with Crippen LogP contribution in [0.15, 0.2) is 29.4 Å². The summed E-state index contributed by atoms with van der Waals surface area (Å²) in [4.78, 5) is 14.1. The summed E-state index contributed by atoms with van der Waals surface area (Å²) in [7, 11) is 0. The summed E-state index contributed by atoms with van der Waals surface area (Å²) in [6.45, 7) is 2.45. The number of rotatable bonds is 8. The molecule has 0 amide bonds. The van der Waals surface area contributed by atoms with Crippen molar-refractivity contribution in [3.63, 3.8) is 0 Å². The highest BCUT2D eigenvalue weighted by Gasteiger charge is 2.32. The van der Waals surface area contributed by atoms with Crippen LogP contribution < -0.4 is 5.32 Å². The van der Waals surface area contributed by atoms with Gasteiger partial charge in [0, 0.05) is 22.9 Å². The first-order valence-corrected chi connectivity index (χ1v) is 6.59. The van der Waals surface area contributed by atoms with Gasteiger partial charge in [-0.25, -0.2) is 0 Å². The normalized spacial score (nSPS) is 13.3. The predicted molar refractivity (Wildman–Crippen MR) is 77.8 cm³/mol. The van der Waals surface area contributed by atoms with E-state index in [0.717, 1.165) is 5.56 Å². The van der Waals surface area contributed by atoms with Crippen LogP contribution in [-0.4, -0.2) is 29.7 Å². The van der Waals surface area contributed by atoms with Crippen molar-refractivity contribution in [3.8, 4) is 0 Å². The Labute approximate surface area is 122 Å². The number of azide groups is 1. The van der Waals surface area contributed by atoms with Crippen molar-refractivity contribution in [1.29, 1.82) is 0 Å².